The number of hydrogen-bond donors (Lipinski definition) is 0. The molecule has 100 valence electrons. The highest BCUT2D eigenvalue weighted by atomic mass is 31.2. The summed E-state index contributed by atoms with van der Waals surface area (Å²) >= 11 is 0. The molecule has 1 unspecified atom stereocenters. The zero-order chi connectivity index (χ0) is 13.4. The van der Waals surface area contributed by atoms with Crippen LogP contribution in [0, 0.1) is 0 Å². The van der Waals surface area contributed by atoms with Crippen LogP contribution in [0.1, 0.15) is 19.8 Å². The van der Waals surface area contributed by atoms with E-state index in [0.717, 1.165) is 12.8 Å². The monoisotopic (exact) mass is 270 g/mol. The maximum absolute atomic E-state index is 12.7. The predicted octanol–water partition coefficient (Wildman–Crippen LogP) is 2.58. The lowest BCUT2D eigenvalue weighted by Crippen LogP contribution is -2.17. The van der Waals surface area contributed by atoms with Crippen LogP contribution in [0.3, 0.4) is 0 Å². The van der Waals surface area contributed by atoms with E-state index in [1.807, 2.05) is 13.0 Å². The Kier molecular flexibility index (Phi) is 6.10. The lowest BCUT2D eigenvalue weighted by Gasteiger charge is -2.17. The van der Waals surface area contributed by atoms with Crippen molar-refractivity contribution >= 4 is 18.6 Å². The van der Waals surface area contributed by atoms with E-state index in [0.29, 0.717) is 11.9 Å². The van der Waals surface area contributed by atoms with Crippen LogP contribution < -0.4 is 5.30 Å². The van der Waals surface area contributed by atoms with Gasteiger partial charge in [-0.25, -0.2) is 0 Å². The molecule has 0 aliphatic heterocycles. The van der Waals surface area contributed by atoms with Crippen molar-refractivity contribution in [3.63, 3.8) is 0 Å². The predicted molar refractivity (Wildman–Crippen MR) is 71.4 cm³/mol. The van der Waals surface area contributed by atoms with E-state index >= 15 is 0 Å². The fourth-order valence-corrected chi connectivity index (χ4v) is 3.40. The summed E-state index contributed by atoms with van der Waals surface area (Å²) in [4.78, 5) is 11.4. The Labute approximate surface area is 108 Å². The standard InChI is InChI=1S/C13H19O4P/c1-3-4-10-17-18(15,11-13(14)16-2)12-8-6-5-7-9-12/h5-9H,3-4,10-11H2,1-2H3. The van der Waals surface area contributed by atoms with Crippen molar-refractivity contribution in [1.82, 2.24) is 0 Å². The average Bonchev–Trinajstić information content (AvgIpc) is 2.40. The molecule has 0 amide bonds. The molecule has 1 aromatic carbocycles. The van der Waals surface area contributed by atoms with Crippen molar-refractivity contribution in [3.8, 4) is 0 Å². The Bertz CT molecular complexity index is 416. The Balaban J connectivity index is 2.87. The summed E-state index contributed by atoms with van der Waals surface area (Å²) in [5.41, 5.74) is 0. The van der Waals surface area contributed by atoms with E-state index in [4.69, 9.17) is 4.52 Å². The number of rotatable bonds is 7. The molecule has 0 aliphatic rings. The second-order valence-electron chi connectivity index (χ2n) is 3.93. The van der Waals surface area contributed by atoms with Gasteiger partial charge in [0, 0.05) is 5.30 Å². The van der Waals surface area contributed by atoms with Crippen LogP contribution in [-0.4, -0.2) is 25.8 Å². The molecular weight excluding hydrogens is 251 g/mol. The van der Waals surface area contributed by atoms with Gasteiger partial charge in [0.25, 0.3) is 0 Å². The molecule has 0 aliphatic carbocycles. The first kappa shape index (κ1) is 14.9. The fraction of sp³-hybridized carbons (Fsp3) is 0.462. The van der Waals surface area contributed by atoms with Gasteiger partial charge in [0.15, 0.2) is 0 Å². The van der Waals surface area contributed by atoms with E-state index < -0.39 is 13.3 Å². The summed E-state index contributed by atoms with van der Waals surface area (Å²) in [6.45, 7) is 2.41. The Morgan fingerprint density at radius 3 is 2.50 bits per heavy atom. The Hall–Kier alpha value is -1.12. The lowest BCUT2D eigenvalue weighted by molar-refractivity contribution is -0.137. The molecule has 1 aromatic rings. The van der Waals surface area contributed by atoms with Crippen LogP contribution in [0.25, 0.3) is 0 Å². The molecule has 1 rings (SSSR count). The Morgan fingerprint density at radius 2 is 1.94 bits per heavy atom. The molecule has 0 spiro atoms. The van der Waals surface area contributed by atoms with Gasteiger partial charge in [0.1, 0.15) is 6.16 Å². The van der Waals surface area contributed by atoms with Crippen molar-refractivity contribution < 1.29 is 18.6 Å². The minimum absolute atomic E-state index is 0.211. The van der Waals surface area contributed by atoms with Crippen molar-refractivity contribution in [2.24, 2.45) is 0 Å². The molecule has 0 bridgehead atoms. The molecule has 0 radical (unpaired) electrons. The van der Waals surface area contributed by atoms with Gasteiger partial charge in [-0.1, -0.05) is 31.5 Å². The van der Waals surface area contributed by atoms with Crippen LogP contribution in [0.15, 0.2) is 30.3 Å². The number of unbranched alkanes of at least 4 members (excludes halogenated alkanes) is 1. The van der Waals surface area contributed by atoms with Crippen LogP contribution in [0.5, 0.6) is 0 Å². The third-order valence-corrected chi connectivity index (χ3v) is 4.87. The number of benzene rings is 1. The van der Waals surface area contributed by atoms with E-state index in [-0.39, 0.29) is 6.16 Å². The maximum atomic E-state index is 12.7. The quantitative estimate of drug-likeness (QED) is 0.434. The van der Waals surface area contributed by atoms with Crippen LogP contribution in [0.4, 0.5) is 0 Å². The second-order valence-corrected chi connectivity index (χ2v) is 6.37. The smallest absolute Gasteiger partial charge is 0.315 e. The number of carbonyl (C=O) groups excluding carboxylic acids is 1. The van der Waals surface area contributed by atoms with Gasteiger partial charge < -0.3 is 9.26 Å². The van der Waals surface area contributed by atoms with Crippen LogP contribution >= 0.6 is 7.37 Å². The minimum Gasteiger partial charge on any atom is -0.469 e. The molecule has 1 atom stereocenters. The van der Waals surface area contributed by atoms with Crippen molar-refractivity contribution in [2.75, 3.05) is 19.9 Å². The fourth-order valence-electron chi connectivity index (χ4n) is 1.46. The van der Waals surface area contributed by atoms with Gasteiger partial charge in [-0.2, -0.15) is 0 Å². The molecule has 4 nitrogen and oxygen atoms in total. The number of hydrogen-bond acceptors (Lipinski definition) is 4. The van der Waals surface area contributed by atoms with Crippen LogP contribution in [-0.2, 0) is 18.6 Å². The van der Waals surface area contributed by atoms with Crippen molar-refractivity contribution in [2.45, 2.75) is 19.8 Å². The molecular formula is C13H19O4P. The van der Waals surface area contributed by atoms with E-state index in [9.17, 15) is 9.36 Å². The third-order valence-electron chi connectivity index (χ3n) is 2.51. The van der Waals surface area contributed by atoms with Gasteiger partial charge in [0.05, 0.1) is 13.7 Å². The molecule has 0 N–H and O–H groups in total. The summed E-state index contributed by atoms with van der Waals surface area (Å²) in [7, 11) is -1.87. The first-order valence-corrected chi connectivity index (χ1v) is 7.79. The van der Waals surface area contributed by atoms with E-state index in [1.54, 1.807) is 24.3 Å². The van der Waals surface area contributed by atoms with Gasteiger partial charge in [-0.05, 0) is 18.6 Å². The number of carbonyl (C=O) groups is 1. The van der Waals surface area contributed by atoms with E-state index in [1.165, 1.54) is 7.11 Å². The summed E-state index contributed by atoms with van der Waals surface area (Å²) in [5.74, 6) is -0.515. The van der Waals surface area contributed by atoms with E-state index in [2.05, 4.69) is 4.74 Å². The number of esters is 1. The second kappa shape index (κ2) is 7.34. The molecule has 0 aromatic heterocycles. The topological polar surface area (TPSA) is 52.6 Å². The summed E-state index contributed by atoms with van der Waals surface area (Å²) in [6.07, 6.45) is 1.56. The highest BCUT2D eigenvalue weighted by molar-refractivity contribution is 7.67. The lowest BCUT2D eigenvalue weighted by atomic mass is 10.4. The SMILES string of the molecule is CCCCOP(=O)(CC(=O)OC)c1ccccc1. The largest absolute Gasteiger partial charge is 0.469 e. The van der Waals surface area contributed by atoms with Crippen molar-refractivity contribution in [3.05, 3.63) is 30.3 Å². The van der Waals surface area contributed by atoms with Gasteiger partial charge >= 0.3 is 5.97 Å². The number of ether oxygens (including phenoxy) is 1. The van der Waals surface area contributed by atoms with Crippen molar-refractivity contribution in [1.29, 1.82) is 0 Å². The van der Waals surface area contributed by atoms with Gasteiger partial charge in [-0.3, -0.25) is 9.36 Å². The first-order chi connectivity index (χ1) is 8.62. The molecule has 18 heavy (non-hydrogen) atoms. The first-order valence-electron chi connectivity index (χ1n) is 5.98. The average molecular weight is 270 g/mol. The number of methoxy groups -OCH3 is 1. The molecule has 0 saturated carbocycles. The summed E-state index contributed by atoms with van der Waals surface area (Å²) < 4.78 is 22.8. The summed E-state index contributed by atoms with van der Waals surface area (Å²) in [5, 5.41) is 0.562. The molecule has 0 fully saturated rings. The highest BCUT2D eigenvalue weighted by Crippen LogP contribution is 2.45. The Morgan fingerprint density at radius 1 is 1.28 bits per heavy atom. The van der Waals surface area contributed by atoms with Gasteiger partial charge in [0.2, 0.25) is 7.37 Å². The molecule has 5 heteroatoms. The summed E-state index contributed by atoms with van der Waals surface area (Å²) in [6, 6.07) is 8.83. The molecule has 0 heterocycles. The molecule has 0 saturated heterocycles. The zero-order valence-electron chi connectivity index (χ0n) is 10.8. The minimum atomic E-state index is -3.15. The van der Waals surface area contributed by atoms with Crippen LogP contribution in [0.2, 0.25) is 0 Å². The zero-order valence-corrected chi connectivity index (χ0v) is 11.7. The normalized spacial score (nSPS) is 13.9. The third kappa shape index (κ3) is 4.28. The highest BCUT2D eigenvalue weighted by Gasteiger charge is 2.29. The van der Waals surface area contributed by atoms with Gasteiger partial charge in [-0.15, -0.1) is 0 Å². The maximum Gasteiger partial charge on any atom is 0.315 e.